The Hall–Kier alpha value is -3.06. The predicted octanol–water partition coefficient (Wildman–Crippen LogP) is 6.01. The molecule has 0 amide bonds. The van der Waals surface area contributed by atoms with Crippen LogP contribution >= 0.6 is 55.1 Å². The summed E-state index contributed by atoms with van der Waals surface area (Å²) in [6.45, 7) is 0. The van der Waals surface area contributed by atoms with Gasteiger partial charge >= 0.3 is 11.4 Å². The van der Waals surface area contributed by atoms with Crippen LogP contribution in [0.1, 0.15) is 0 Å². The van der Waals surface area contributed by atoms with E-state index in [2.05, 4.69) is 61.8 Å². The summed E-state index contributed by atoms with van der Waals surface area (Å²) >= 11 is 20.5. The van der Waals surface area contributed by atoms with Gasteiger partial charge in [0.2, 0.25) is 0 Å². The Bertz CT molecular complexity index is 2030. The maximum Gasteiger partial charge on any atom is 0.368 e. The minimum Gasteiger partial charge on any atom is -0.451 e. The number of nitrogens with one attached hydrogen (secondary N) is 4. The molecule has 34 heavy (non-hydrogen) atoms. The van der Waals surface area contributed by atoms with E-state index >= 15 is 0 Å². The van der Waals surface area contributed by atoms with Crippen LogP contribution in [0.5, 0.6) is 0 Å². The molecule has 0 aliphatic heterocycles. The minimum absolute atomic E-state index is 0.210. The average Bonchev–Trinajstić information content (AvgIpc) is 3.37. The molecule has 168 valence electrons. The van der Waals surface area contributed by atoms with Crippen molar-refractivity contribution in [1.29, 1.82) is 0 Å². The van der Waals surface area contributed by atoms with E-state index in [4.69, 9.17) is 32.0 Å². The molecule has 0 saturated carbocycles. The Balaban J connectivity index is 1.66. The molecule has 0 unspecified atom stereocenters. The number of benzene rings is 3. The number of halogens is 4. The first-order valence-electron chi connectivity index (χ1n) is 9.53. The summed E-state index contributed by atoms with van der Waals surface area (Å²) < 4.78 is 13.3. The van der Waals surface area contributed by atoms with Crippen LogP contribution in [0.3, 0.4) is 0 Å². The summed E-state index contributed by atoms with van der Waals surface area (Å²) in [6, 6.07) is 3.27. The van der Waals surface area contributed by atoms with Crippen molar-refractivity contribution >= 4 is 122 Å². The van der Waals surface area contributed by atoms with E-state index in [9.17, 15) is 9.59 Å². The summed E-state index contributed by atoms with van der Waals surface area (Å²) in [6.07, 6.45) is 0. The lowest BCUT2D eigenvalue weighted by molar-refractivity contribution is 0.649. The molecule has 4 heterocycles. The smallest absolute Gasteiger partial charge is 0.368 e. The second kappa shape index (κ2) is 6.75. The molecule has 0 radical (unpaired) electrons. The lowest BCUT2D eigenvalue weighted by atomic mass is 10.2. The first-order valence-corrected chi connectivity index (χ1v) is 11.9. The quantitative estimate of drug-likeness (QED) is 0.152. The third kappa shape index (κ3) is 2.62. The number of H-pyrrole nitrogens is 4. The summed E-state index contributed by atoms with van der Waals surface area (Å²) in [5.74, 6) is 0. The monoisotopic (exact) mass is 622 g/mol. The van der Waals surface area contributed by atoms with Gasteiger partial charge in [-0.05, 0) is 31.9 Å². The van der Waals surface area contributed by atoms with E-state index in [1.165, 1.54) is 0 Å². The second-order valence-corrected chi connectivity index (χ2v) is 9.84. The zero-order valence-corrected chi connectivity index (χ0v) is 20.9. The van der Waals surface area contributed by atoms with Gasteiger partial charge in [-0.3, -0.25) is 0 Å². The summed E-state index contributed by atoms with van der Waals surface area (Å²) in [5.41, 5.74) is 4.11. The van der Waals surface area contributed by atoms with Crippen LogP contribution in [-0.4, -0.2) is 29.9 Å². The molecule has 4 N–H and O–H groups in total. The molecular formula is C20H6Br2Cl2N6O4. The highest BCUT2D eigenvalue weighted by molar-refractivity contribution is 9.11. The van der Waals surface area contributed by atoms with Crippen LogP contribution in [0.25, 0.3) is 66.5 Å². The van der Waals surface area contributed by atoms with Crippen molar-refractivity contribution in [2.75, 3.05) is 0 Å². The van der Waals surface area contributed by atoms with E-state index < -0.39 is 5.69 Å². The molecule has 14 heteroatoms. The van der Waals surface area contributed by atoms with Gasteiger partial charge in [-0.25, -0.2) is 9.59 Å². The predicted molar refractivity (Wildman–Crippen MR) is 136 cm³/mol. The van der Waals surface area contributed by atoms with Crippen molar-refractivity contribution in [2.45, 2.75) is 0 Å². The SMILES string of the molecule is O=c1nc2cc3oc4c(Cl)c5[nH]c6c(Br)c7[nH]c(=O)[nH]c7cc6oc5c(Cl)c4[nH]c3c(Br)c2n1. The fourth-order valence-electron chi connectivity index (χ4n) is 4.06. The van der Waals surface area contributed by atoms with Crippen LogP contribution in [-0.2, 0) is 0 Å². The Morgan fingerprint density at radius 3 is 2.03 bits per heavy atom. The molecule has 0 saturated heterocycles. The van der Waals surface area contributed by atoms with Crippen molar-refractivity contribution in [2.24, 2.45) is 0 Å². The Morgan fingerprint density at radius 2 is 1.35 bits per heavy atom. The van der Waals surface area contributed by atoms with Gasteiger partial charge in [-0.1, -0.05) is 23.2 Å². The third-order valence-corrected chi connectivity index (χ3v) is 7.83. The number of imidazole rings is 2. The number of aromatic amines is 4. The molecule has 10 nitrogen and oxygen atoms in total. The van der Waals surface area contributed by atoms with Gasteiger partial charge in [0.25, 0.3) is 0 Å². The lowest BCUT2D eigenvalue weighted by Crippen LogP contribution is -1.99. The molecule has 3 aromatic carbocycles. The largest absolute Gasteiger partial charge is 0.451 e. The van der Waals surface area contributed by atoms with Gasteiger partial charge in [0.05, 0.1) is 36.5 Å². The zero-order chi connectivity index (χ0) is 23.5. The first-order chi connectivity index (χ1) is 16.3. The van der Waals surface area contributed by atoms with Crippen molar-refractivity contribution in [1.82, 2.24) is 29.9 Å². The van der Waals surface area contributed by atoms with Crippen molar-refractivity contribution in [3.05, 3.63) is 52.1 Å². The second-order valence-electron chi connectivity index (χ2n) is 7.49. The molecule has 0 fully saturated rings. The number of fused-ring (bicyclic) bond motifs is 6. The van der Waals surface area contributed by atoms with Gasteiger partial charge < -0.3 is 28.8 Å². The van der Waals surface area contributed by atoms with E-state index in [1.54, 1.807) is 12.1 Å². The fourth-order valence-corrected chi connectivity index (χ4v) is 5.78. The van der Waals surface area contributed by atoms with Crippen LogP contribution in [0.15, 0.2) is 39.5 Å². The molecule has 7 rings (SSSR count). The highest BCUT2D eigenvalue weighted by Gasteiger charge is 2.22. The molecular weight excluding hydrogens is 619 g/mol. The third-order valence-electron chi connectivity index (χ3n) is 5.54. The minimum atomic E-state index is -0.597. The summed E-state index contributed by atoms with van der Waals surface area (Å²) in [5, 5.41) is 0.421. The maximum atomic E-state index is 11.8. The van der Waals surface area contributed by atoms with E-state index in [1.807, 2.05) is 0 Å². The van der Waals surface area contributed by atoms with Crippen molar-refractivity contribution < 1.29 is 8.83 Å². The van der Waals surface area contributed by atoms with Crippen LogP contribution < -0.4 is 11.4 Å². The fraction of sp³-hybridized carbons (Fsp3) is 0. The normalized spacial score (nSPS) is 12.4. The molecule has 0 aliphatic carbocycles. The molecule has 4 aromatic heterocycles. The molecule has 7 aromatic rings. The topological polar surface area (TPSA) is 149 Å². The Morgan fingerprint density at radius 1 is 0.735 bits per heavy atom. The number of aromatic nitrogens is 6. The summed E-state index contributed by atoms with van der Waals surface area (Å²) in [4.78, 5) is 43.1. The van der Waals surface area contributed by atoms with E-state index in [-0.39, 0.29) is 26.9 Å². The molecule has 0 bridgehead atoms. The number of nitrogens with zero attached hydrogens (tertiary/aromatic N) is 2. The standard InChI is InChI=1S/C20H6Br2Cl2N6O4/c21-7-11-3(25-19(31)29-11)1-5-13(7)27-15-10(24)18-16(9(23)17(15)33-5)28-14-6(34-18)2-4-12(8(14)22)30-20(32)26-4/h1-2,27-28H,(H2,25,29,31). The molecule has 0 spiro atoms. The van der Waals surface area contributed by atoms with Gasteiger partial charge in [-0.2, -0.15) is 9.97 Å². The van der Waals surface area contributed by atoms with E-state index in [0.29, 0.717) is 64.2 Å². The van der Waals surface area contributed by atoms with Gasteiger partial charge in [0.1, 0.15) is 26.6 Å². The highest BCUT2D eigenvalue weighted by atomic mass is 79.9. The molecule has 0 atom stereocenters. The van der Waals surface area contributed by atoms with Gasteiger partial charge in [-0.15, -0.1) is 0 Å². The zero-order valence-electron chi connectivity index (χ0n) is 16.2. The van der Waals surface area contributed by atoms with Gasteiger partial charge in [0.15, 0.2) is 22.3 Å². The number of hydrogen-bond donors (Lipinski definition) is 4. The van der Waals surface area contributed by atoms with Gasteiger partial charge in [0, 0.05) is 12.1 Å². The van der Waals surface area contributed by atoms with Crippen LogP contribution in [0, 0.1) is 0 Å². The molecule has 0 aliphatic rings. The first kappa shape index (κ1) is 20.3. The highest BCUT2D eigenvalue weighted by Crippen LogP contribution is 2.42. The average molecular weight is 625 g/mol. The van der Waals surface area contributed by atoms with Crippen molar-refractivity contribution in [3.63, 3.8) is 0 Å². The Labute approximate surface area is 211 Å². The number of hydrogen-bond acceptors (Lipinski definition) is 6. The van der Waals surface area contributed by atoms with Crippen LogP contribution in [0.2, 0.25) is 10.0 Å². The lowest BCUT2D eigenvalue weighted by Gasteiger charge is -2.12. The van der Waals surface area contributed by atoms with E-state index in [0.717, 1.165) is 0 Å². The van der Waals surface area contributed by atoms with Crippen molar-refractivity contribution in [3.8, 4) is 0 Å². The van der Waals surface area contributed by atoms with Crippen LogP contribution in [0.4, 0.5) is 0 Å². The maximum absolute atomic E-state index is 11.8. The Kier molecular flexibility index (Phi) is 4.04. The number of rotatable bonds is 0. The summed E-state index contributed by atoms with van der Waals surface area (Å²) in [7, 11) is 0.